The first kappa shape index (κ1) is 17.9. The minimum absolute atomic E-state index is 0.0241. The lowest BCUT2D eigenvalue weighted by atomic mass is 9.94. The quantitative estimate of drug-likeness (QED) is 0.493. The summed E-state index contributed by atoms with van der Waals surface area (Å²) in [6.07, 6.45) is 0.876. The van der Waals surface area contributed by atoms with Crippen molar-refractivity contribution in [1.82, 2.24) is 4.90 Å². The maximum atomic E-state index is 12.6. The minimum Gasteiger partial charge on any atom is -0.507 e. The van der Waals surface area contributed by atoms with Crippen LogP contribution in [-0.4, -0.2) is 40.0 Å². The summed E-state index contributed by atoms with van der Waals surface area (Å²) in [6.45, 7) is 1.81. The molecule has 0 aliphatic carbocycles. The predicted molar refractivity (Wildman–Crippen MR) is 98.4 cm³/mol. The number of aliphatic hydroxyl groups excluding tert-OH is 2. The third-order valence-corrected chi connectivity index (χ3v) is 4.63. The molecule has 1 heterocycles. The Hall–Kier alpha value is -2.92. The molecule has 0 spiro atoms. The fourth-order valence-corrected chi connectivity index (χ4v) is 3.25. The van der Waals surface area contributed by atoms with Crippen LogP contribution in [0.5, 0.6) is 0 Å². The Morgan fingerprint density at radius 3 is 2.27 bits per heavy atom. The Morgan fingerprint density at radius 2 is 1.69 bits per heavy atom. The molecule has 1 fully saturated rings. The summed E-state index contributed by atoms with van der Waals surface area (Å²) in [5.41, 5.74) is 2.40. The zero-order chi connectivity index (χ0) is 18.7. The second-order valence-electron chi connectivity index (χ2n) is 6.18. The molecule has 0 aromatic heterocycles. The first-order valence-corrected chi connectivity index (χ1v) is 8.62. The van der Waals surface area contributed by atoms with Crippen molar-refractivity contribution in [2.75, 3.05) is 13.2 Å². The third kappa shape index (κ3) is 3.13. The van der Waals surface area contributed by atoms with E-state index < -0.39 is 17.7 Å². The van der Waals surface area contributed by atoms with Gasteiger partial charge >= 0.3 is 0 Å². The van der Waals surface area contributed by atoms with Crippen LogP contribution in [0.4, 0.5) is 0 Å². The summed E-state index contributed by atoms with van der Waals surface area (Å²) in [7, 11) is 0. The Balaban J connectivity index is 2.15. The molecule has 1 saturated heterocycles. The van der Waals surface area contributed by atoms with Crippen molar-refractivity contribution in [3.63, 3.8) is 0 Å². The van der Waals surface area contributed by atoms with Gasteiger partial charge in [-0.2, -0.15) is 0 Å². The highest BCUT2D eigenvalue weighted by atomic mass is 16.3. The lowest BCUT2D eigenvalue weighted by molar-refractivity contribution is -0.140. The van der Waals surface area contributed by atoms with E-state index in [9.17, 15) is 19.8 Å². The predicted octanol–water partition coefficient (Wildman–Crippen LogP) is 2.66. The molecule has 5 heteroatoms. The second kappa shape index (κ2) is 7.54. The smallest absolute Gasteiger partial charge is 0.295 e. The number of ketones is 1. The van der Waals surface area contributed by atoms with E-state index in [1.165, 1.54) is 4.90 Å². The largest absolute Gasteiger partial charge is 0.507 e. The van der Waals surface area contributed by atoms with Gasteiger partial charge in [-0.1, -0.05) is 61.5 Å². The normalized spacial score (nSPS) is 19.2. The molecule has 2 N–H and O–H groups in total. The van der Waals surface area contributed by atoms with Gasteiger partial charge in [-0.3, -0.25) is 9.59 Å². The van der Waals surface area contributed by atoms with Gasteiger partial charge in [-0.05, 0) is 17.5 Å². The minimum atomic E-state index is -0.732. The SMILES string of the molecule is CCc1ccc(C2/C(=C(/O)c3ccccc3)C(=O)C(=O)N2CCO)cc1. The topological polar surface area (TPSA) is 77.8 Å². The van der Waals surface area contributed by atoms with Crippen LogP contribution in [0.2, 0.25) is 0 Å². The molecule has 134 valence electrons. The number of hydrogen-bond donors (Lipinski definition) is 2. The molecule has 0 radical (unpaired) electrons. The Bertz CT molecular complexity index is 840. The van der Waals surface area contributed by atoms with Crippen molar-refractivity contribution in [3.05, 3.63) is 76.9 Å². The van der Waals surface area contributed by atoms with Gasteiger partial charge in [0.2, 0.25) is 0 Å². The fourth-order valence-electron chi connectivity index (χ4n) is 3.25. The molecular formula is C21H21NO4. The average Bonchev–Trinajstić information content (AvgIpc) is 2.93. The van der Waals surface area contributed by atoms with Gasteiger partial charge in [0.1, 0.15) is 5.76 Å². The number of hydrogen-bond acceptors (Lipinski definition) is 4. The monoisotopic (exact) mass is 351 g/mol. The molecule has 0 bridgehead atoms. The summed E-state index contributed by atoms with van der Waals surface area (Å²) in [6, 6.07) is 15.6. The van der Waals surface area contributed by atoms with Crippen LogP contribution in [-0.2, 0) is 16.0 Å². The van der Waals surface area contributed by atoms with Gasteiger partial charge in [0.05, 0.1) is 18.2 Å². The molecule has 0 saturated carbocycles. The maximum Gasteiger partial charge on any atom is 0.295 e. The highest BCUT2D eigenvalue weighted by Crippen LogP contribution is 2.39. The van der Waals surface area contributed by atoms with Crippen LogP contribution in [0, 0.1) is 0 Å². The fraction of sp³-hybridized carbons (Fsp3) is 0.238. The van der Waals surface area contributed by atoms with Gasteiger partial charge in [-0.25, -0.2) is 0 Å². The van der Waals surface area contributed by atoms with E-state index in [0.717, 1.165) is 17.5 Å². The van der Waals surface area contributed by atoms with Crippen molar-refractivity contribution in [2.45, 2.75) is 19.4 Å². The number of nitrogens with zero attached hydrogens (tertiary/aromatic N) is 1. The van der Waals surface area contributed by atoms with Crippen molar-refractivity contribution < 1.29 is 19.8 Å². The molecule has 5 nitrogen and oxygen atoms in total. The lowest BCUT2D eigenvalue weighted by Crippen LogP contribution is -2.32. The van der Waals surface area contributed by atoms with Gasteiger partial charge in [0.15, 0.2) is 0 Å². The number of aliphatic hydroxyl groups is 2. The second-order valence-corrected chi connectivity index (χ2v) is 6.18. The molecule has 1 unspecified atom stereocenters. The van der Waals surface area contributed by atoms with E-state index in [-0.39, 0.29) is 24.5 Å². The number of benzene rings is 2. The van der Waals surface area contributed by atoms with Gasteiger partial charge in [0, 0.05) is 12.1 Å². The molecule has 1 aliphatic heterocycles. The Morgan fingerprint density at radius 1 is 1.04 bits per heavy atom. The van der Waals surface area contributed by atoms with Crippen LogP contribution in [0.1, 0.15) is 29.7 Å². The first-order valence-electron chi connectivity index (χ1n) is 8.62. The highest BCUT2D eigenvalue weighted by molar-refractivity contribution is 6.46. The number of rotatable bonds is 5. The van der Waals surface area contributed by atoms with E-state index in [1.54, 1.807) is 24.3 Å². The van der Waals surface area contributed by atoms with E-state index in [1.807, 2.05) is 37.3 Å². The van der Waals surface area contributed by atoms with Gasteiger partial charge < -0.3 is 15.1 Å². The summed E-state index contributed by atoms with van der Waals surface area (Å²) in [4.78, 5) is 26.4. The Labute approximate surface area is 152 Å². The van der Waals surface area contributed by atoms with Gasteiger partial charge in [-0.15, -0.1) is 0 Å². The summed E-state index contributed by atoms with van der Waals surface area (Å²) in [5, 5.41) is 20.1. The number of β-amino-alcohol motifs (C(OH)–C–C–N with tert-alkyl or cyclic N) is 1. The Kier molecular flexibility index (Phi) is 5.19. The van der Waals surface area contributed by atoms with Crippen molar-refractivity contribution in [2.24, 2.45) is 0 Å². The highest BCUT2D eigenvalue weighted by Gasteiger charge is 2.45. The standard InChI is InChI=1S/C21H21NO4/c1-2-14-8-10-15(11-9-14)18-17(19(24)16-6-4-3-5-7-16)20(25)21(26)22(18)12-13-23/h3-11,18,23-24H,2,12-13H2,1H3/b19-17-. The van der Waals surface area contributed by atoms with Crippen LogP contribution in [0.15, 0.2) is 60.2 Å². The van der Waals surface area contributed by atoms with E-state index >= 15 is 0 Å². The van der Waals surface area contributed by atoms with E-state index in [0.29, 0.717) is 5.56 Å². The summed E-state index contributed by atoms with van der Waals surface area (Å²) < 4.78 is 0. The maximum absolute atomic E-state index is 12.6. The van der Waals surface area contributed by atoms with Crippen LogP contribution < -0.4 is 0 Å². The van der Waals surface area contributed by atoms with Crippen LogP contribution >= 0.6 is 0 Å². The number of carbonyl (C=O) groups is 2. The molecular weight excluding hydrogens is 330 g/mol. The molecule has 1 aliphatic rings. The number of aryl methyl sites for hydroxylation is 1. The number of amides is 1. The average molecular weight is 351 g/mol. The zero-order valence-corrected chi connectivity index (χ0v) is 14.6. The molecule has 26 heavy (non-hydrogen) atoms. The third-order valence-electron chi connectivity index (χ3n) is 4.63. The van der Waals surface area contributed by atoms with Crippen LogP contribution in [0.3, 0.4) is 0 Å². The summed E-state index contributed by atoms with van der Waals surface area (Å²) >= 11 is 0. The molecule has 2 aromatic carbocycles. The zero-order valence-electron chi connectivity index (χ0n) is 14.6. The molecule has 1 atom stereocenters. The molecule has 1 amide bonds. The lowest BCUT2D eigenvalue weighted by Gasteiger charge is -2.24. The van der Waals surface area contributed by atoms with Crippen molar-refractivity contribution in [1.29, 1.82) is 0 Å². The van der Waals surface area contributed by atoms with Crippen molar-refractivity contribution >= 4 is 17.4 Å². The first-order chi connectivity index (χ1) is 12.6. The van der Waals surface area contributed by atoms with Crippen molar-refractivity contribution in [3.8, 4) is 0 Å². The van der Waals surface area contributed by atoms with Crippen LogP contribution in [0.25, 0.3) is 5.76 Å². The molecule has 3 rings (SSSR count). The molecule has 2 aromatic rings. The number of carbonyl (C=O) groups excluding carboxylic acids is 2. The van der Waals surface area contributed by atoms with Gasteiger partial charge in [0.25, 0.3) is 11.7 Å². The number of Topliss-reactive ketones (excluding diaryl/α,β-unsaturated/α-hetero) is 1. The number of likely N-dealkylation sites (tertiary alicyclic amines) is 1. The summed E-state index contributed by atoms with van der Waals surface area (Å²) in [5.74, 6) is -1.64. The van der Waals surface area contributed by atoms with E-state index in [2.05, 4.69) is 0 Å². The van der Waals surface area contributed by atoms with E-state index in [4.69, 9.17) is 0 Å².